The van der Waals surface area contributed by atoms with E-state index in [9.17, 15) is 15.5 Å². The number of pyridine rings is 1. The molecule has 0 spiro atoms. The van der Waals surface area contributed by atoms with Gasteiger partial charge in [0.05, 0.1) is 10.5 Å². The topological polar surface area (TPSA) is 133 Å². The number of aryl methyl sites for hydroxylation is 1. The fourth-order valence-corrected chi connectivity index (χ4v) is 3.22. The first-order valence-electron chi connectivity index (χ1n) is 8.45. The van der Waals surface area contributed by atoms with Crippen LogP contribution in [-0.2, 0) is 7.05 Å². The summed E-state index contributed by atoms with van der Waals surface area (Å²) in [6.07, 6.45) is 1.49. The van der Waals surface area contributed by atoms with Gasteiger partial charge in [-0.05, 0) is 24.3 Å². The molecule has 0 fully saturated rings. The minimum Gasteiger partial charge on any atom is -0.351 e. The van der Waals surface area contributed by atoms with Gasteiger partial charge in [0.25, 0.3) is 0 Å². The molecule has 0 unspecified atom stereocenters. The van der Waals surface area contributed by atoms with Gasteiger partial charge in [-0.2, -0.15) is 10.4 Å². The van der Waals surface area contributed by atoms with Gasteiger partial charge < -0.3 is 15.5 Å². The maximum atomic E-state index is 9.48. The second-order valence-corrected chi connectivity index (χ2v) is 6.56. The summed E-state index contributed by atoms with van der Waals surface area (Å²) in [5, 5.41) is 35.9. The minimum atomic E-state index is -1.90. The molecule has 4 rings (SSSR count). The van der Waals surface area contributed by atoms with E-state index in [0.717, 1.165) is 5.39 Å². The highest BCUT2D eigenvalue weighted by Gasteiger charge is 2.20. The van der Waals surface area contributed by atoms with Crippen molar-refractivity contribution in [1.82, 2.24) is 24.7 Å². The van der Waals surface area contributed by atoms with E-state index in [2.05, 4.69) is 25.4 Å². The molecule has 0 radical (unpaired) electrons. The third-order valence-electron chi connectivity index (χ3n) is 4.16. The molecule has 0 aliphatic carbocycles. The fraction of sp³-hybridized carbons (Fsp3) is 0.105. The number of anilines is 1. The molecule has 0 aliphatic heterocycles. The number of fused-ring (bicyclic) bond motifs is 1. The molecular formula is C19H14ClN7O2. The second kappa shape index (κ2) is 7.44. The van der Waals surface area contributed by atoms with Crippen LogP contribution >= 0.6 is 11.6 Å². The number of hydrogen-bond acceptors (Lipinski definition) is 8. The lowest BCUT2D eigenvalue weighted by atomic mass is 10.0. The highest BCUT2D eigenvalue weighted by atomic mass is 35.5. The van der Waals surface area contributed by atoms with E-state index in [1.165, 1.54) is 0 Å². The normalized spacial score (nSPS) is 11.0. The molecule has 29 heavy (non-hydrogen) atoms. The number of nitrogens with one attached hydrogen (secondary N) is 1. The van der Waals surface area contributed by atoms with Crippen LogP contribution in [0.2, 0.25) is 5.02 Å². The summed E-state index contributed by atoms with van der Waals surface area (Å²) in [6, 6.07) is 10.9. The molecule has 144 valence electrons. The van der Waals surface area contributed by atoms with E-state index in [4.69, 9.17) is 11.6 Å². The Morgan fingerprint density at radius 1 is 1.21 bits per heavy atom. The van der Waals surface area contributed by atoms with Crippen LogP contribution in [0, 0.1) is 11.3 Å². The number of rotatable bonds is 4. The van der Waals surface area contributed by atoms with Gasteiger partial charge in [0.2, 0.25) is 6.41 Å². The zero-order valence-corrected chi connectivity index (χ0v) is 15.8. The smallest absolute Gasteiger partial charge is 0.234 e. The zero-order valence-electron chi connectivity index (χ0n) is 15.1. The van der Waals surface area contributed by atoms with Gasteiger partial charge in [-0.1, -0.05) is 17.7 Å². The van der Waals surface area contributed by atoms with Gasteiger partial charge in [0, 0.05) is 30.4 Å². The predicted molar refractivity (Wildman–Crippen MR) is 107 cm³/mol. The van der Waals surface area contributed by atoms with Crippen molar-refractivity contribution in [2.45, 2.75) is 6.41 Å². The van der Waals surface area contributed by atoms with E-state index in [1.54, 1.807) is 42.3 Å². The second-order valence-electron chi connectivity index (χ2n) is 6.16. The van der Waals surface area contributed by atoms with Gasteiger partial charge >= 0.3 is 0 Å². The molecule has 9 nitrogen and oxygen atoms in total. The van der Waals surface area contributed by atoms with Crippen LogP contribution < -0.4 is 5.32 Å². The molecule has 0 amide bonds. The highest BCUT2D eigenvalue weighted by molar-refractivity contribution is 6.35. The molecule has 0 atom stereocenters. The van der Waals surface area contributed by atoms with Crippen molar-refractivity contribution in [1.29, 1.82) is 5.26 Å². The monoisotopic (exact) mass is 407 g/mol. The van der Waals surface area contributed by atoms with E-state index in [1.807, 2.05) is 18.2 Å². The zero-order chi connectivity index (χ0) is 20.5. The van der Waals surface area contributed by atoms with Gasteiger partial charge in [-0.15, -0.1) is 0 Å². The molecule has 3 N–H and O–H groups in total. The Kier molecular flexibility index (Phi) is 4.82. The van der Waals surface area contributed by atoms with Gasteiger partial charge in [-0.3, -0.25) is 9.67 Å². The van der Waals surface area contributed by atoms with E-state index < -0.39 is 6.41 Å². The average Bonchev–Trinajstić information content (AvgIpc) is 3.13. The van der Waals surface area contributed by atoms with Crippen LogP contribution in [0.4, 0.5) is 5.82 Å². The number of hydrogen-bond donors (Lipinski definition) is 3. The van der Waals surface area contributed by atoms with Gasteiger partial charge in [0.1, 0.15) is 23.2 Å². The van der Waals surface area contributed by atoms with Crippen LogP contribution in [0.3, 0.4) is 0 Å². The number of halogens is 1. The van der Waals surface area contributed by atoms with E-state index in [0.29, 0.717) is 33.2 Å². The largest absolute Gasteiger partial charge is 0.351 e. The molecule has 10 heteroatoms. The maximum absolute atomic E-state index is 9.48. The number of aliphatic hydroxyl groups excluding tert-OH is 1. The van der Waals surface area contributed by atoms with E-state index in [-0.39, 0.29) is 11.5 Å². The van der Waals surface area contributed by atoms with Crippen molar-refractivity contribution >= 4 is 28.3 Å². The number of aliphatic hydroxyl groups is 2. The summed E-state index contributed by atoms with van der Waals surface area (Å²) >= 11 is 6.41. The van der Waals surface area contributed by atoms with Crippen molar-refractivity contribution in [3.8, 4) is 28.7 Å². The summed E-state index contributed by atoms with van der Waals surface area (Å²) in [4.78, 5) is 13.1. The molecule has 0 saturated carbocycles. The van der Waals surface area contributed by atoms with E-state index >= 15 is 0 Å². The Morgan fingerprint density at radius 2 is 2.03 bits per heavy atom. The molecule has 0 bridgehead atoms. The number of aromatic nitrogens is 5. The standard InChI is InChI=1S/C19H14ClN7O2/c1-27-6-4-13(26-27)17-16(23-14(9-21)18(24-17)25-19(28)29)11-7-10-3-2-5-22-15(10)12(20)8-11/h2-8,19,28-29H,1H3,(H,24,25). The van der Waals surface area contributed by atoms with Crippen molar-refractivity contribution in [3.05, 3.63) is 53.4 Å². The van der Waals surface area contributed by atoms with Crippen LogP contribution in [-0.4, -0.2) is 41.4 Å². The first-order valence-corrected chi connectivity index (χ1v) is 8.83. The van der Waals surface area contributed by atoms with Crippen LogP contribution in [0.1, 0.15) is 5.69 Å². The van der Waals surface area contributed by atoms with Crippen LogP contribution in [0.15, 0.2) is 42.7 Å². The van der Waals surface area contributed by atoms with Gasteiger partial charge in [-0.25, -0.2) is 9.97 Å². The third-order valence-corrected chi connectivity index (χ3v) is 4.44. The minimum absolute atomic E-state index is 0.0690. The van der Waals surface area contributed by atoms with Crippen LogP contribution in [0.5, 0.6) is 0 Å². The third kappa shape index (κ3) is 3.60. The predicted octanol–water partition coefficient (Wildman–Crippen LogP) is 2.30. The average molecular weight is 408 g/mol. The lowest BCUT2D eigenvalue weighted by Crippen LogP contribution is -2.19. The Bertz CT molecular complexity index is 1260. The highest BCUT2D eigenvalue weighted by Crippen LogP contribution is 2.34. The maximum Gasteiger partial charge on any atom is 0.234 e. The van der Waals surface area contributed by atoms with Crippen molar-refractivity contribution in [2.75, 3.05) is 5.32 Å². The number of nitriles is 1. The van der Waals surface area contributed by atoms with Crippen molar-refractivity contribution < 1.29 is 10.2 Å². The number of nitrogens with zero attached hydrogens (tertiary/aromatic N) is 6. The molecular weight excluding hydrogens is 394 g/mol. The Balaban J connectivity index is 2.00. The molecule has 3 heterocycles. The van der Waals surface area contributed by atoms with Crippen molar-refractivity contribution in [2.24, 2.45) is 7.05 Å². The van der Waals surface area contributed by atoms with Crippen molar-refractivity contribution in [3.63, 3.8) is 0 Å². The SMILES string of the molecule is Cn1ccc(-c2nc(NC(O)O)c(C#N)nc2-c2cc(Cl)c3ncccc3c2)n1. The summed E-state index contributed by atoms with van der Waals surface area (Å²) in [5.41, 5.74) is 2.40. The Hall–Kier alpha value is -3.58. The summed E-state index contributed by atoms with van der Waals surface area (Å²) < 4.78 is 1.60. The summed E-state index contributed by atoms with van der Waals surface area (Å²) in [7, 11) is 1.76. The molecule has 3 aromatic heterocycles. The quantitative estimate of drug-likeness (QED) is 0.439. The Morgan fingerprint density at radius 3 is 2.72 bits per heavy atom. The first-order chi connectivity index (χ1) is 14.0. The first kappa shape index (κ1) is 18.8. The lowest BCUT2D eigenvalue weighted by Gasteiger charge is -2.13. The molecule has 0 aliphatic rings. The summed E-state index contributed by atoms with van der Waals surface area (Å²) in [6.45, 7) is 0. The molecule has 4 aromatic rings. The molecule has 1 aromatic carbocycles. The van der Waals surface area contributed by atoms with Crippen LogP contribution in [0.25, 0.3) is 33.5 Å². The fourth-order valence-electron chi connectivity index (χ4n) is 2.94. The van der Waals surface area contributed by atoms with Gasteiger partial charge in [0.15, 0.2) is 11.5 Å². The number of benzene rings is 1. The summed E-state index contributed by atoms with van der Waals surface area (Å²) in [5.74, 6) is -0.0690. The lowest BCUT2D eigenvalue weighted by molar-refractivity contribution is -0.0150. The molecule has 0 saturated heterocycles. The Labute approximate surface area is 169 Å².